The summed E-state index contributed by atoms with van der Waals surface area (Å²) in [7, 11) is 0. The van der Waals surface area contributed by atoms with E-state index in [1.807, 2.05) is 19.1 Å². The van der Waals surface area contributed by atoms with Crippen LogP contribution in [0.25, 0.3) is 0 Å². The summed E-state index contributed by atoms with van der Waals surface area (Å²) in [5, 5.41) is 1.67. The lowest BCUT2D eigenvalue weighted by atomic mass is 10.0. The number of aryl methyl sites for hydroxylation is 2. The summed E-state index contributed by atoms with van der Waals surface area (Å²) in [6.45, 7) is 4.08. The minimum absolute atomic E-state index is 0.0674. The molecule has 0 spiro atoms. The van der Waals surface area contributed by atoms with Gasteiger partial charge in [-0.25, -0.2) is 4.98 Å². The lowest BCUT2D eigenvalue weighted by Crippen LogP contribution is -2.30. The molecular weight excluding hydrogens is 280 g/mol. The SMILES string of the molecule is Cc1nc(CC(NN)c2ccc(Cl)cc2N)sc1C. The summed E-state index contributed by atoms with van der Waals surface area (Å²) in [5.74, 6) is 5.64. The van der Waals surface area contributed by atoms with Crippen molar-refractivity contribution in [1.82, 2.24) is 10.4 Å². The topological polar surface area (TPSA) is 77.0 Å². The molecule has 0 amide bonds. The highest BCUT2D eigenvalue weighted by Crippen LogP contribution is 2.28. The van der Waals surface area contributed by atoms with E-state index in [-0.39, 0.29) is 6.04 Å². The Bertz CT molecular complexity index is 563. The molecule has 102 valence electrons. The zero-order chi connectivity index (χ0) is 14.0. The summed E-state index contributed by atoms with van der Waals surface area (Å²) in [6, 6.07) is 5.38. The Morgan fingerprint density at radius 2 is 2.16 bits per heavy atom. The molecule has 0 aliphatic heterocycles. The molecule has 5 N–H and O–H groups in total. The van der Waals surface area contributed by atoms with Crippen LogP contribution in [0.15, 0.2) is 18.2 Å². The zero-order valence-electron chi connectivity index (χ0n) is 10.9. The number of hydrogen-bond donors (Lipinski definition) is 3. The van der Waals surface area contributed by atoms with Gasteiger partial charge in [0.2, 0.25) is 0 Å². The minimum atomic E-state index is -0.0674. The molecule has 0 aliphatic rings. The van der Waals surface area contributed by atoms with E-state index in [2.05, 4.69) is 17.3 Å². The quantitative estimate of drug-likeness (QED) is 0.460. The molecule has 0 bridgehead atoms. The van der Waals surface area contributed by atoms with E-state index in [9.17, 15) is 0 Å². The molecule has 1 atom stereocenters. The summed E-state index contributed by atoms with van der Waals surface area (Å²) in [4.78, 5) is 5.76. The lowest BCUT2D eigenvalue weighted by molar-refractivity contribution is 0.552. The number of anilines is 1. The number of halogens is 1. The maximum absolute atomic E-state index is 5.99. The second-order valence-electron chi connectivity index (χ2n) is 4.45. The Morgan fingerprint density at radius 3 is 2.68 bits per heavy atom. The zero-order valence-corrected chi connectivity index (χ0v) is 12.5. The number of rotatable bonds is 4. The van der Waals surface area contributed by atoms with Crippen molar-refractivity contribution in [3.05, 3.63) is 44.4 Å². The van der Waals surface area contributed by atoms with Gasteiger partial charge < -0.3 is 5.73 Å². The van der Waals surface area contributed by atoms with Gasteiger partial charge in [0.1, 0.15) is 0 Å². The molecule has 1 heterocycles. The fraction of sp³-hybridized carbons (Fsp3) is 0.308. The van der Waals surface area contributed by atoms with Gasteiger partial charge in [-0.05, 0) is 31.5 Å². The van der Waals surface area contributed by atoms with Gasteiger partial charge in [0.05, 0.1) is 16.7 Å². The van der Waals surface area contributed by atoms with Gasteiger partial charge in [-0.2, -0.15) is 0 Å². The van der Waals surface area contributed by atoms with Crippen molar-refractivity contribution in [3.8, 4) is 0 Å². The van der Waals surface area contributed by atoms with Crippen LogP contribution in [-0.2, 0) is 6.42 Å². The Hall–Kier alpha value is -1.14. The third-order valence-electron chi connectivity index (χ3n) is 3.08. The number of benzene rings is 1. The van der Waals surface area contributed by atoms with Crippen LogP contribution in [0, 0.1) is 13.8 Å². The van der Waals surface area contributed by atoms with Crippen molar-refractivity contribution in [1.29, 1.82) is 0 Å². The molecule has 4 nitrogen and oxygen atoms in total. The largest absolute Gasteiger partial charge is 0.398 e. The third kappa shape index (κ3) is 3.25. The van der Waals surface area contributed by atoms with E-state index in [1.165, 1.54) is 4.88 Å². The van der Waals surface area contributed by atoms with Crippen LogP contribution < -0.4 is 17.0 Å². The van der Waals surface area contributed by atoms with Crippen LogP contribution >= 0.6 is 22.9 Å². The van der Waals surface area contributed by atoms with E-state index in [0.29, 0.717) is 17.1 Å². The molecule has 2 aromatic rings. The predicted octanol–water partition coefficient (Wildman–Crippen LogP) is 2.74. The van der Waals surface area contributed by atoms with Crippen molar-refractivity contribution in [2.75, 3.05) is 5.73 Å². The van der Waals surface area contributed by atoms with E-state index >= 15 is 0 Å². The summed E-state index contributed by atoms with van der Waals surface area (Å²) in [6.07, 6.45) is 0.710. The molecule has 1 aromatic heterocycles. The van der Waals surface area contributed by atoms with Gasteiger partial charge in [0, 0.05) is 22.0 Å². The number of hydrazine groups is 1. The number of aromatic nitrogens is 1. The van der Waals surface area contributed by atoms with E-state index in [4.69, 9.17) is 23.2 Å². The molecule has 0 aliphatic carbocycles. The first-order chi connectivity index (χ1) is 9.01. The maximum Gasteiger partial charge on any atom is 0.0950 e. The molecule has 1 aromatic carbocycles. The van der Waals surface area contributed by atoms with Crippen molar-refractivity contribution < 1.29 is 0 Å². The minimum Gasteiger partial charge on any atom is -0.398 e. The van der Waals surface area contributed by atoms with Gasteiger partial charge in [-0.15, -0.1) is 11.3 Å². The second kappa shape index (κ2) is 5.88. The van der Waals surface area contributed by atoms with Gasteiger partial charge in [-0.1, -0.05) is 17.7 Å². The van der Waals surface area contributed by atoms with Crippen LogP contribution in [0.4, 0.5) is 5.69 Å². The van der Waals surface area contributed by atoms with Gasteiger partial charge in [0.15, 0.2) is 0 Å². The van der Waals surface area contributed by atoms with E-state index < -0.39 is 0 Å². The molecule has 0 fully saturated rings. The van der Waals surface area contributed by atoms with Crippen molar-refractivity contribution in [3.63, 3.8) is 0 Å². The number of nitrogens with zero attached hydrogens (tertiary/aromatic N) is 1. The average Bonchev–Trinajstić information content (AvgIpc) is 2.66. The van der Waals surface area contributed by atoms with Gasteiger partial charge >= 0.3 is 0 Å². The Labute approximate surface area is 121 Å². The highest BCUT2D eigenvalue weighted by molar-refractivity contribution is 7.11. The van der Waals surface area contributed by atoms with Crippen molar-refractivity contribution in [2.45, 2.75) is 26.3 Å². The number of thiazole rings is 1. The molecule has 19 heavy (non-hydrogen) atoms. The lowest BCUT2D eigenvalue weighted by Gasteiger charge is -2.17. The summed E-state index contributed by atoms with van der Waals surface area (Å²) < 4.78 is 0. The van der Waals surface area contributed by atoms with Gasteiger partial charge in [-0.3, -0.25) is 11.3 Å². The first-order valence-corrected chi connectivity index (χ1v) is 7.14. The first-order valence-electron chi connectivity index (χ1n) is 5.95. The Morgan fingerprint density at radius 1 is 1.42 bits per heavy atom. The smallest absolute Gasteiger partial charge is 0.0950 e. The fourth-order valence-corrected chi connectivity index (χ4v) is 3.08. The monoisotopic (exact) mass is 296 g/mol. The molecule has 2 rings (SSSR count). The van der Waals surface area contributed by atoms with Crippen LogP contribution in [0.3, 0.4) is 0 Å². The number of nitrogens with two attached hydrogens (primary N) is 2. The van der Waals surface area contributed by atoms with Crippen LogP contribution in [0.1, 0.15) is 27.2 Å². The normalized spacial score (nSPS) is 12.6. The summed E-state index contributed by atoms with van der Waals surface area (Å²) in [5.41, 5.74) is 11.4. The standard InChI is InChI=1S/C13H17ClN4S/c1-7-8(2)19-13(17-7)6-12(18-16)10-4-3-9(14)5-11(10)15/h3-5,12,18H,6,15-16H2,1-2H3. The second-order valence-corrected chi connectivity index (χ2v) is 6.17. The number of hydrogen-bond acceptors (Lipinski definition) is 5. The van der Waals surface area contributed by atoms with Crippen LogP contribution in [-0.4, -0.2) is 4.98 Å². The number of nitrogens with one attached hydrogen (secondary N) is 1. The summed E-state index contributed by atoms with van der Waals surface area (Å²) >= 11 is 7.60. The molecule has 0 saturated heterocycles. The van der Waals surface area contributed by atoms with E-state index in [1.54, 1.807) is 17.4 Å². The van der Waals surface area contributed by atoms with Crippen LogP contribution in [0.5, 0.6) is 0 Å². The fourth-order valence-electron chi connectivity index (χ4n) is 1.92. The van der Waals surface area contributed by atoms with Gasteiger partial charge in [0.25, 0.3) is 0 Å². The highest BCUT2D eigenvalue weighted by Gasteiger charge is 2.16. The molecule has 0 saturated carbocycles. The first kappa shape index (κ1) is 14.3. The molecule has 6 heteroatoms. The Kier molecular flexibility index (Phi) is 4.42. The molecule has 1 unspecified atom stereocenters. The molecule has 0 radical (unpaired) electrons. The third-order valence-corrected chi connectivity index (χ3v) is 4.41. The average molecular weight is 297 g/mol. The van der Waals surface area contributed by atoms with E-state index in [0.717, 1.165) is 16.3 Å². The predicted molar refractivity (Wildman–Crippen MR) is 81.2 cm³/mol. The Balaban J connectivity index is 2.24. The molecular formula is C13H17ClN4S. The number of nitrogen functional groups attached to an aromatic ring is 1. The maximum atomic E-state index is 5.99. The van der Waals surface area contributed by atoms with Crippen LogP contribution in [0.2, 0.25) is 5.02 Å². The van der Waals surface area contributed by atoms with Crippen molar-refractivity contribution in [2.24, 2.45) is 5.84 Å². The van der Waals surface area contributed by atoms with Crippen molar-refractivity contribution >= 4 is 28.6 Å². The highest BCUT2D eigenvalue weighted by atomic mass is 35.5.